The van der Waals surface area contributed by atoms with E-state index >= 15 is 0 Å². The second-order valence-electron chi connectivity index (χ2n) is 18.8. The number of rotatable bonds is 19. The van der Waals surface area contributed by atoms with E-state index in [1.54, 1.807) is 23.3 Å². The summed E-state index contributed by atoms with van der Waals surface area (Å²) in [6, 6.07) is 7.54. The number of hydrogen-bond acceptors (Lipinski definition) is 22. The Morgan fingerprint density at radius 1 is 0.837 bits per heavy atom. The minimum atomic E-state index is -4.69. The second kappa shape index (κ2) is 33.2. The number of alkyl halides is 6. The number of ether oxygens (including phenoxy) is 4. The minimum absolute atomic E-state index is 0.0412. The third-order valence-electron chi connectivity index (χ3n) is 10.8. The van der Waals surface area contributed by atoms with Gasteiger partial charge in [-0.1, -0.05) is 29.8 Å². The van der Waals surface area contributed by atoms with Crippen LogP contribution in [0.3, 0.4) is 0 Å². The van der Waals surface area contributed by atoms with Gasteiger partial charge in [-0.15, -0.1) is 0 Å². The van der Waals surface area contributed by atoms with E-state index in [2.05, 4.69) is 61.6 Å². The number of pyridine rings is 1. The molecule has 2 unspecified atom stereocenters. The van der Waals surface area contributed by atoms with Gasteiger partial charge in [-0.05, 0) is 85.4 Å². The maximum absolute atomic E-state index is 14.3. The standard InChI is InChI=1S/C15H12BrClF4N2O2.C15H16F3N5O4S.C15H18N6O6S.C5H12NO4P/c1-6(2)25-14(24)7-4-8(10(18)5-9(7)17)12-11(16)13(15(19,20)21)23(3)22-12;1-9-19-12(22-14(20-9)27-2)21-13(24)23-28(25,26)11-6-4-3-5-10(11)7-8-15(16,17)18;1-21(2)13(22)9-6-5-7-16-12(9)28(24,25)20-15(23)19-14-17-10(26-3)8-11(18-14)27-4;1-11(9,10)3-2-4(6)5(7)8/h4-6H,1-3H3;3-6H,7-8H2,1-2H3,(H2,19,20,21,22,23,24);5-8H,1-4H3,(H2,17,18,19,20,23);4H,2-3,6H2,1H3,(H,7,8)(H,9,10). The number of carbonyl (C=O) groups is 5. The number of benzene rings is 2. The van der Waals surface area contributed by atoms with Crippen LogP contribution in [0.2, 0.25) is 5.02 Å². The van der Waals surface area contributed by atoms with Crippen LogP contribution in [0.25, 0.3) is 11.3 Å². The number of nitrogens with one attached hydrogen (secondary N) is 4. The molecule has 4 heterocycles. The summed E-state index contributed by atoms with van der Waals surface area (Å²) < 4.78 is 175. The molecule has 30 nitrogen and oxygen atoms in total. The Labute approximate surface area is 532 Å². The number of nitrogens with two attached hydrogens (primary N) is 1. The second-order valence-corrected chi connectivity index (χ2v) is 25.8. The summed E-state index contributed by atoms with van der Waals surface area (Å²) in [5, 5.41) is 15.5. The summed E-state index contributed by atoms with van der Waals surface area (Å²) in [7, 11) is -4.01. The van der Waals surface area contributed by atoms with E-state index in [4.69, 9.17) is 46.3 Å². The maximum Gasteiger partial charge on any atom is 0.434 e. The van der Waals surface area contributed by atoms with E-state index in [0.29, 0.717) is 4.68 Å². The molecule has 6 rings (SSSR count). The molecule has 0 aliphatic rings. The average molecular weight is 1450 g/mol. The molecule has 0 aliphatic heterocycles. The Hall–Kier alpha value is -8.43. The molecule has 92 heavy (non-hydrogen) atoms. The summed E-state index contributed by atoms with van der Waals surface area (Å²) in [5.74, 6) is -3.59. The molecule has 42 heteroatoms. The van der Waals surface area contributed by atoms with Crippen LogP contribution in [0.1, 0.15) is 64.5 Å². The zero-order chi connectivity index (χ0) is 70.0. The number of nitrogens with zero attached hydrogens (tertiary/aromatic N) is 9. The number of anilines is 2. The molecule has 5 amide bonds. The van der Waals surface area contributed by atoms with Crippen LogP contribution in [0.15, 0.2) is 75.2 Å². The highest BCUT2D eigenvalue weighted by molar-refractivity contribution is 9.10. The molecule has 0 saturated heterocycles. The number of urea groups is 2. The topological polar surface area (TPSA) is 421 Å². The number of carboxylic acid groups (broad SMARTS) is 1. The monoisotopic (exact) mass is 1450 g/mol. The molecule has 2 aromatic carbocycles. The Balaban J connectivity index is 0.000000333. The first kappa shape index (κ1) is 77.8. The molecular weight excluding hydrogens is 1400 g/mol. The van der Waals surface area contributed by atoms with Gasteiger partial charge in [-0.2, -0.15) is 64.8 Å². The first-order chi connectivity index (χ1) is 42.4. The van der Waals surface area contributed by atoms with E-state index in [-0.39, 0.29) is 81.0 Å². The minimum Gasteiger partial charge on any atom is -0.481 e. The van der Waals surface area contributed by atoms with Gasteiger partial charge in [0.1, 0.15) is 23.4 Å². The maximum atomic E-state index is 14.3. The van der Waals surface area contributed by atoms with Crippen molar-refractivity contribution in [3.63, 3.8) is 0 Å². The van der Waals surface area contributed by atoms with Gasteiger partial charge in [0.05, 0.1) is 59.0 Å². The summed E-state index contributed by atoms with van der Waals surface area (Å²) in [5.41, 5.74) is 2.97. The zero-order valence-electron chi connectivity index (χ0n) is 49.6. The zero-order valence-corrected chi connectivity index (χ0v) is 54.5. The third-order valence-corrected chi connectivity index (χ3v) is 15.7. The van der Waals surface area contributed by atoms with Crippen LogP contribution < -0.4 is 40.0 Å². The summed E-state index contributed by atoms with van der Waals surface area (Å²) in [6.45, 7) is 5.91. The molecule has 8 N–H and O–H groups in total. The van der Waals surface area contributed by atoms with Crippen molar-refractivity contribution >= 4 is 96.8 Å². The number of aromatic nitrogens is 8. The number of aliphatic carboxylic acids is 1. The van der Waals surface area contributed by atoms with Gasteiger partial charge in [0, 0.05) is 52.2 Å². The number of carboxylic acids is 1. The van der Waals surface area contributed by atoms with Crippen LogP contribution in [0.4, 0.5) is 52.2 Å². The van der Waals surface area contributed by atoms with Gasteiger partial charge >= 0.3 is 42.4 Å². The lowest BCUT2D eigenvalue weighted by molar-refractivity contribution is -0.144. The Morgan fingerprint density at radius 3 is 1.90 bits per heavy atom. The van der Waals surface area contributed by atoms with Crippen LogP contribution in [-0.2, 0) is 53.8 Å². The van der Waals surface area contributed by atoms with E-state index in [0.717, 1.165) is 25.2 Å². The SMILES string of the molecule is CC(C)OC(=O)c1cc(-c2nn(C)c(C(F)(F)F)c2Br)c(F)cc1Cl.COc1cc(OC)nc(NC(=O)NS(=O)(=O)c2ncccc2C(=O)N(C)C)n1.COc1nc(C)nc(NC(=O)NS(=O)(=O)c2ccccc2CCC(F)(F)F)n1.CP(=O)(O)CCC(N)C(=O)O. The van der Waals surface area contributed by atoms with E-state index < -0.39 is 121 Å². The number of halogens is 9. The lowest BCUT2D eigenvalue weighted by Crippen LogP contribution is -2.36. The van der Waals surface area contributed by atoms with Crippen molar-refractivity contribution in [2.24, 2.45) is 12.8 Å². The molecule has 504 valence electrons. The fourth-order valence-corrected chi connectivity index (χ4v) is 10.8. The molecule has 0 bridgehead atoms. The normalized spacial score (nSPS) is 12.3. The van der Waals surface area contributed by atoms with Gasteiger partial charge in [0.15, 0.2) is 18.1 Å². The van der Waals surface area contributed by atoms with Crippen LogP contribution in [-0.4, -0.2) is 168 Å². The first-order valence-electron chi connectivity index (χ1n) is 25.4. The highest BCUT2D eigenvalue weighted by Gasteiger charge is 2.39. The van der Waals surface area contributed by atoms with E-state index in [9.17, 15) is 76.1 Å². The van der Waals surface area contributed by atoms with Gasteiger partial charge < -0.3 is 39.6 Å². The third kappa shape index (κ3) is 24.3. The molecular formula is C50H58BrClF7N14O16PS2. The average Bonchev–Trinajstić information content (AvgIpc) is 1.56. The number of esters is 1. The van der Waals surface area contributed by atoms with Crippen molar-refractivity contribution < 1.29 is 105 Å². The van der Waals surface area contributed by atoms with E-state index in [1.807, 2.05) is 0 Å². The highest BCUT2D eigenvalue weighted by atomic mass is 79.9. The number of hydrogen-bond donors (Lipinski definition) is 7. The molecule has 0 radical (unpaired) electrons. The van der Waals surface area contributed by atoms with Crippen molar-refractivity contribution in [1.82, 2.24) is 54.0 Å². The first-order valence-corrected chi connectivity index (χ1v) is 31.9. The van der Waals surface area contributed by atoms with Gasteiger partial charge in [0.2, 0.25) is 23.7 Å². The molecule has 4 aromatic heterocycles. The molecule has 0 aliphatic carbocycles. The molecule has 6 aromatic rings. The predicted molar refractivity (Wildman–Crippen MR) is 316 cm³/mol. The van der Waals surface area contributed by atoms with Gasteiger partial charge in [-0.3, -0.25) is 29.5 Å². The largest absolute Gasteiger partial charge is 0.481 e. The summed E-state index contributed by atoms with van der Waals surface area (Å²) in [6.07, 6.45) is -10.1. The lowest BCUT2D eigenvalue weighted by atomic mass is 10.1. The number of methoxy groups -OCH3 is 3. The fourth-order valence-electron chi connectivity index (χ4n) is 6.78. The highest BCUT2D eigenvalue weighted by Crippen LogP contribution is 2.41. The molecule has 0 spiro atoms. The van der Waals surface area contributed by atoms with Crippen molar-refractivity contribution in [3.8, 4) is 29.0 Å². The Kier molecular flexibility index (Phi) is 28.1. The number of aryl methyl sites for hydroxylation is 3. The fraction of sp³-hybridized carbons (Fsp3) is 0.360. The van der Waals surface area contributed by atoms with Crippen molar-refractivity contribution in [2.45, 2.75) is 74.5 Å². The Morgan fingerprint density at radius 2 is 1.40 bits per heavy atom. The summed E-state index contributed by atoms with van der Waals surface area (Å²) in [4.78, 5) is 90.8. The number of sulfonamides is 2. The van der Waals surface area contributed by atoms with Crippen LogP contribution in [0.5, 0.6) is 17.8 Å². The molecule has 0 saturated carbocycles. The predicted octanol–water partition coefficient (Wildman–Crippen LogP) is 7.21. The number of carbonyl (C=O) groups excluding carboxylic acids is 4. The van der Waals surface area contributed by atoms with Crippen molar-refractivity contribution in [3.05, 3.63) is 104 Å². The quantitative estimate of drug-likeness (QED) is 0.0239. The molecule has 2 atom stereocenters. The summed E-state index contributed by atoms with van der Waals surface area (Å²) >= 11 is 8.67. The molecule has 0 fully saturated rings. The van der Waals surface area contributed by atoms with E-state index in [1.165, 1.54) is 96.5 Å². The van der Waals surface area contributed by atoms with Crippen LogP contribution in [0, 0.1) is 12.7 Å². The van der Waals surface area contributed by atoms with Gasteiger partial charge in [-0.25, -0.2) is 41.6 Å². The van der Waals surface area contributed by atoms with Gasteiger partial charge in [0.25, 0.3) is 26.0 Å². The van der Waals surface area contributed by atoms with Crippen molar-refractivity contribution in [1.29, 1.82) is 0 Å². The van der Waals surface area contributed by atoms with Crippen molar-refractivity contribution in [2.75, 3.05) is 58.9 Å². The van der Waals surface area contributed by atoms with Crippen LogP contribution >= 0.6 is 34.9 Å². The smallest absolute Gasteiger partial charge is 0.434 e. The Bertz CT molecular complexity index is 3910. The number of amides is 5. The lowest BCUT2D eigenvalue weighted by Gasteiger charge is -2.14.